The van der Waals surface area contributed by atoms with Gasteiger partial charge in [0.05, 0.1) is 18.2 Å². The van der Waals surface area contributed by atoms with Gasteiger partial charge in [-0.2, -0.15) is 0 Å². The van der Waals surface area contributed by atoms with Crippen molar-refractivity contribution in [3.63, 3.8) is 0 Å². The summed E-state index contributed by atoms with van der Waals surface area (Å²) in [5.74, 6) is 0. The molecule has 0 aliphatic rings. The summed E-state index contributed by atoms with van der Waals surface area (Å²) in [5, 5.41) is 0.412. The van der Waals surface area contributed by atoms with E-state index in [1.54, 1.807) is 24.9 Å². The maximum atomic E-state index is 5.97. The predicted molar refractivity (Wildman–Crippen MR) is 58.6 cm³/mol. The monoisotopic (exact) mass is 222 g/mol. The minimum atomic E-state index is 0.412. The van der Waals surface area contributed by atoms with E-state index < -0.39 is 0 Å². The van der Waals surface area contributed by atoms with Gasteiger partial charge in [0, 0.05) is 18.9 Å². The van der Waals surface area contributed by atoms with Gasteiger partial charge in [0.2, 0.25) is 0 Å². The Balaban J connectivity index is 2.45. The topological polar surface area (TPSA) is 43.6 Å². The van der Waals surface area contributed by atoms with Gasteiger partial charge < -0.3 is 4.57 Å². The zero-order valence-corrected chi connectivity index (χ0v) is 9.15. The Labute approximate surface area is 93.0 Å². The number of imidazole rings is 1. The van der Waals surface area contributed by atoms with Crippen molar-refractivity contribution < 1.29 is 0 Å². The number of aromatic nitrogens is 4. The zero-order valence-electron chi connectivity index (χ0n) is 8.39. The van der Waals surface area contributed by atoms with Crippen molar-refractivity contribution in [2.45, 2.75) is 19.9 Å². The smallest absolute Gasteiger partial charge is 0.156 e. The van der Waals surface area contributed by atoms with E-state index in [9.17, 15) is 0 Å². The zero-order chi connectivity index (χ0) is 10.7. The Bertz CT molecular complexity index is 452. The summed E-state index contributed by atoms with van der Waals surface area (Å²) >= 11 is 5.97. The maximum Gasteiger partial charge on any atom is 0.156 e. The fourth-order valence-electron chi connectivity index (χ4n) is 1.43. The molecule has 0 N–H and O–H groups in total. The van der Waals surface area contributed by atoms with E-state index in [4.69, 9.17) is 11.6 Å². The molecule has 5 heteroatoms. The lowest BCUT2D eigenvalue weighted by molar-refractivity contribution is 0.682. The number of halogens is 1. The third-order valence-corrected chi connectivity index (χ3v) is 2.35. The molecule has 0 saturated carbocycles. The summed E-state index contributed by atoms with van der Waals surface area (Å²) in [4.78, 5) is 12.3. The normalized spacial score (nSPS) is 10.5. The second kappa shape index (κ2) is 4.40. The largest absolute Gasteiger partial charge is 0.329 e. The molecule has 2 aromatic rings. The van der Waals surface area contributed by atoms with Crippen molar-refractivity contribution in [2.75, 3.05) is 0 Å². The Kier molecular flexibility index (Phi) is 2.97. The van der Waals surface area contributed by atoms with Gasteiger partial charge in [-0.05, 0) is 6.42 Å². The number of rotatable bonds is 3. The molecule has 0 bridgehead atoms. The molecule has 0 atom stereocenters. The van der Waals surface area contributed by atoms with Crippen molar-refractivity contribution in [3.05, 3.63) is 30.1 Å². The Hall–Kier alpha value is -1.42. The van der Waals surface area contributed by atoms with E-state index in [2.05, 4.69) is 21.9 Å². The average Bonchev–Trinajstić information content (AvgIpc) is 2.67. The van der Waals surface area contributed by atoms with Gasteiger partial charge in [-0.15, -0.1) is 0 Å². The Morgan fingerprint density at radius 3 is 2.87 bits per heavy atom. The van der Waals surface area contributed by atoms with E-state index in [1.165, 1.54) is 0 Å². The summed E-state index contributed by atoms with van der Waals surface area (Å²) in [5.41, 5.74) is 1.60. The second-order valence-corrected chi connectivity index (χ2v) is 3.53. The fraction of sp³-hybridized carbons (Fsp3) is 0.300. The molecular formula is C10H11ClN4. The van der Waals surface area contributed by atoms with Gasteiger partial charge in [-0.25, -0.2) is 15.0 Å². The van der Waals surface area contributed by atoms with Gasteiger partial charge in [0.1, 0.15) is 5.69 Å². The SMILES string of the molecule is CCCn1cncc1-c1nccnc1Cl. The van der Waals surface area contributed by atoms with Crippen LogP contribution in [0.3, 0.4) is 0 Å². The highest BCUT2D eigenvalue weighted by Gasteiger charge is 2.10. The van der Waals surface area contributed by atoms with Crippen molar-refractivity contribution in [1.82, 2.24) is 19.5 Å². The third kappa shape index (κ3) is 1.99. The summed E-state index contributed by atoms with van der Waals surface area (Å²) in [6.07, 6.45) is 7.79. The molecule has 0 amide bonds. The van der Waals surface area contributed by atoms with Crippen molar-refractivity contribution in [3.8, 4) is 11.4 Å². The maximum absolute atomic E-state index is 5.97. The molecule has 0 unspecified atom stereocenters. The lowest BCUT2D eigenvalue weighted by Gasteiger charge is -2.06. The lowest BCUT2D eigenvalue weighted by Crippen LogP contribution is -1.99. The van der Waals surface area contributed by atoms with Crippen LogP contribution in [0, 0.1) is 0 Å². The molecule has 0 aromatic carbocycles. The minimum Gasteiger partial charge on any atom is -0.329 e. The van der Waals surface area contributed by atoms with Gasteiger partial charge >= 0.3 is 0 Å². The molecule has 15 heavy (non-hydrogen) atoms. The highest BCUT2D eigenvalue weighted by atomic mass is 35.5. The summed E-state index contributed by atoms with van der Waals surface area (Å²) in [6.45, 7) is 3.02. The first-order chi connectivity index (χ1) is 7.33. The van der Waals surface area contributed by atoms with E-state index >= 15 is 0 Å². The number of hydrogen-bond acceptors (Lipinski definition) is 3. The molecule has 0 aliphatic heterocycles. The van der Waals surface area contributed by atoms with Crippen LogP contribution in [-0.2, 0) is 6.54 Å². The van der Waals surface area contributed by atoms with Gasteiger partial charge in [-0.1, -0.05) is 18.5 Å². The molecule has 2 aromatic heterocycles. The van der Waals surface area contributed by atoms with Crippen LogP contribution < -0.4 is 0 Å². The summed E-state index contributed by atoms with van der Waals surface area (Å²) < 4.78 is 2.02. The molecule has 0 fully saturated rings. The van der Waals surface area contributed by atoms with Crippen LogP contribution in [0.2, 0.25) is 5.15 Å². The molecule has 2 rings (SSSR count). The minimum absolute atomic E-state index is 0.412. The number of hydrogen-bond donors (Lipinski definition) is 0. The first-order valence-corrected chi connectivity index (χ1v) is 5.17. The average molecular weight is 223 g/mol. The Morgan fingerprint density at radius 2 is 2.13 bits per heavy atom. The predicted octanol–water partition coefficient (Wildman–Crippen LogP) is 2.40. The lowest BCUT2D eigenvalue weighted by atomic mass is 10.3. The van der Waals surface area contributed by atoms with E-state index in [1.807, 2.05) is 4.57 Å². The van der Waals surface area contributed by atoms with Gasteiger partial charge in [-0.3, -0.25) is 0 Å². The quantitative estimate of drug-likeness (QED) is 0.801. The van der Waals surface area contributed by atoms with E-state index in [-0.39, 0.29) is 0 Å². The van der Waals surface area contributed by atoms with E-state index in [0.717, 1.165) is 18.7 Å². The van der Waals surface area contributed by atoms with Crippen molar-refractivity contribution >= 4 is 11.6 Å². The molecule has 78 valence electrons. The van der Waals surface area contributed by atoms with Crippen molar-refractivity contribution in [1.29, 1.82) is 0 Å². The highest BCUT2D eigenvalue weighted by Crippen LogP contribution is 2.22. The van der Waals surface area contributed by atoms with Crippen LogP contribution in [0.4, 0.5) is 0 Å². The molecule has 0 aliphatic carbocycles. The second-order valence-electron chi connectivity index (χ2n) is 3.17. The standard InChI is InChI=1S/C10H11ClN4/c1-2-5-15-7-12-6-8(15)9-10(11)14-4-3-13-9/h3-4,6-7H,2,5H2,1H3. The van der Waals surface area contributed by atoms with Crippen LogP contribution in [-0.4, -0.2) is 19.5 Å². The Morgan fingerprint density at radius 1 is 1.33 bits per heavy atom. The highest BCUT2D eigenvalue weighted by molar-refractivity contribution is 6.31. The van der Waals surface area contributed by atoms with Crippen LogP contribution in [0.5, 0.6) is 0 Å². The van der Waals surface area contributed by atoms with Crippen molar-refractivity contribution in [2.24, 2.45) is 0 Å². The van der Waals surface area contributed by atoms with E-state index in [0.29, 0.717) is 10.8 Å². The summed E-state index contributed by atoms with van der Waals surface area (Å²) in [7, 11) is 0. The molecule has 0 spiro atoms. The van der Waals surface area contributed by atoms with Crippen LogP contribution in [0.1, 0.15) is 13.3 Å². The van der Waals surface area contributed by atoms with Crippen LogP contribution in [0.15, 0.2) is 24.9 Å². The molecule has 2 heterocycles. The number of aryl methyl sites for hydroxylation is 1. The third-order valence-electron chi connectivity index (χ3n) is 2.07. The molecular weight excluding hydrogens is 212 g/mol. The first kappa shape index (κ1) is 10.1. The number of nitrogens with zero attached hydrogens (tertiary/aromatic N) is 4. The van der Waals surface area contributed by atoms with Gasteiger partial charge in [0.25, 0.3) is 0 Å². The molecule has 4 nitrogen and oxygen atoms in total. The summed E-state index contributed by atoms with van der Waals surface area (Å²) in [6, 6.07) is 0. The van der Waals surface area contributed by atoms with Crippen LogP contribution >= 0.6 is 11.6 Å². The fourth-order valence-corrected chi connectivity index (χ4v) is 1.63. The van der Waals surface area contributed by atoms with Crippen LogP contribution in [0.25, 0.3) is 11.4 Å². The first-order valence-electron chi connectivity index (χ1n) is 4.80. The molecule has 0 radical (unpaired) electrons. The van der Waals surface area contributed by atoms with Gasteiger partial charge in [0.15, 0.2) is 5.15 Å². The molecule has 0 saturated heterocycles.